The molecular formula is C46H38N6Os. The zero-order valence-corrected chi connectivity index (χ0v) is 32.6. The van der Waals surface area contributed by atoms with Crippen molar-refractivity contribution in [3.8, 4) is 67.8 Å². The molecule has 0 spiro atoms. The molecule has 260 valence electrons. The molecule has 0 saturated carbocycles. The topological polar surface area (TPSA) is 77.3 Å². The van der Waals surface area contributed by atoms with E-state index in [1.807, 2.05) is 137 Å². The Hall–Kier alpha value is -6.02. The molecule has 0 amide bonds. The Bertz CT molecular complexity index is 2170. The molecule has 0 bridgehead atoms. The van der Waals surface area contributed by atoms with Gasteiger partial charge >= 0.3 is 0 Å². The first-order chi connectivity index (χ1) is 25.4. The molecule has 8 rings (SSSR count). The SMILES string of the molecule is Cc1cccc(-c2cc(-c3ccccc3)cc(-c3cccc(C)n3)n2)n1.Cc1cccc(-c2cc(-c3ccccc3)cc(-c3cccc(C)n3)n2)n1.[Os]. The Morgan fingerprint density at radius 3 is 0.755 bits per heavy atom. The maximum absolute atomic E-state index is 4.86. The summed E-state index contributed by atoms with van der Waals surface area (Å²) in [6.45, 7) is 7.97. The van der Waals surface area contributed by atoms with Crippen molar-refractivity contribution in [1.82, 2.24) is 29.9 Å². The van der Waals surface area contributed by atoms with Crippen molar-refractivity contribution < 1.29 is 19.8 Å². The largest absolute Gasteiger partial charge is 0.251 e. The molecule has 6 heterocycles. The summed E-state index contributed by atoms with van der Waals surface area (Å²) >= 11 is 0. The number of rotatable bonds is 6. The Morgan fingerprint density at radius 1 is 0.245 bits per heavy atom. The van der Waals surface area contributed by atoms with E-state index in [1.165, 1.54) is 0 Å². The molecule has 53 heavy (non-hydrogen) atoms. The third-order valence-electron chi connectivity index (χ3n) is 8.47. The average molecular weight is 865 g/mol. The Labute approximate surface area is 324 Å². The minimum Gasteiger partial charge on any atom is -0.251 e. The maximum atomic E-state index is 4.86. The molecule has 0 aliphatic heterocycles. The number of pyridine rings is 6. The van der Waals surface area contributed by atoms with Crippen LogP contribution in [-0.4, -0.2) is 29.9 Å². The van der Waals surface area contributed by atoms with Gasteiger partial charge in [-0.05, 0) is 123 Å². The molecule has 6 aromatic heterocycles. The van der Waals surface area contributed by atoms with Gasteiger partial charge in [0.2, 0.25) is 0 Å². The van der Waals surface area contributed by atoms with Gasteiger partial charge in [-0.25, -0.2) is 9.97 Å². The minimum absolute atomic E-state index is 0. The fourth-order valence-electron chi connectivity index (χ4n) is 5.92. The van der Waals surface area contributed by atoms with E-state index in [-0.39, 0.29) is 19.8 Å². The monoisotopic (exact) mass is 866 g/mol. The summed E-state index contributed by atoms with van der Waals surface area (Å²) in [4.78, 5) is 28.3. The number of hydrogen-bond acceptors (Lipinski definition) is 6. The number of benzene rings is 2. The van der Waals surface area contributed by atoms with E-state index in [4.69, 9.17) is 9.97 Å². The van der Waals surface area contributed by atoms with Crippen LogP contribution in [0, 0.1) is 27.7 Å². The van der Waals surface area contributed by atoms with Crippen molar-refractivity contribution >= 4 is 0 Å². The molecule has 2 aromatic carbocycles. The van der Waals surface area contributed by atoms with Gasteiger partial charge in [-0.15, -0.1) is 0 Å². The molecule has 0 atom stereocenters. The zero-order valence-electron chi connectivity index (χ0n) is 30.0. The molecule has 8 aromatic rings. The van der Waals surface area contributed by atoms with E-state index in [2.05, 4.69) is 68.5 Å². The van der Waals surface area contributed by atoms with Crippen LogP contribution in [0.25, 0.3) is 67.8 Å². The van der Waals surface area contributed by atoms with E-state index in [9.17, 15) is 0 Å². The quantitative estimate of drug-likeness (QED) is 0.166. The summed E-state index contributed by atoms with van der Waals surface area (Å²) < 4.78 is 0. The summed E-state index contributed by atoms with van der Waals surface area (Å²) in [6.07, 6.45) is 0. The first kappa shape index (κ1) is 36.8. The van der Waals surface area contributed by atoms with Crippen LogP contribution in [0.15, 0.2) is 158 Å². The van der Waals surface area contributed by atoms with Gasteiger partial charge in [0.25, 0.3) is 0 Å². The molecule has 6 nitrogen and oxygen atoms in total. The van der Waals surface area contributed by atoms with Crippen LogP contribution in [0.5, 0.6) is 0 Å². The van der Waals surface area contributed by atoms with Gasteiger partial charge in [-0.3, -0.25) is 19.9 Å². The maximum Gasteiger partial charge on any atom is 0.0900 e. The normalized spacial score (nSPS) is 10.5. The molecule has 0 aliphatic rings. The second-order valence-electron chi connectivity index (χ2n) is 12.6. The Kier molecular flexibility index (Phi) is 11.8. The molecule has 0 N–H and O–H groups in total. The van der Waals surface area contributed by atoms with E-state index < -0.39 is 0 Å². The number of aromatic nitrogens is 6. The number of nitrogens with zero attached hydrogens (tertiary/aromatic N) is 6. The average Bonchev–Trinajstić information content (AvgIpc) is 3.18. The Morgan fingerprint density at radius 2 is 0.509 bits per heavy atom. The van der Waals surface area contributed by atoms with Crippen molar-refractivity contribution in [3.63, 3.8) is 0 Å². The van der Waals surface area contributed by atoms with Gasteiger partial charge < -0.3 is 0 Å². The zero-order chi connectivity index (χ0) is 35.9. The summed E-state index contributed by atoms with van der Waals surface area (Å²) in [5.41, 5.74) is 15.3. The van der Waals surface area contributed by atoms with Crippen molar-refractivity contribution in [1.29, 1.82) is 0 Å². The van der Waals surface area contributed by atoms with Crippen molar-refractivity contribution in [2.75, 3.05) is 0 Å². The van der Waals surface area contributed by atoms with Crippen LogP contribution in [0.4, 0.5) is 0 Å². The fraction of sp³-hybridized carbons (Fsp3) is 0.0870. The summed E-state index contributed by atoms with van der Waals surface area (Å²) in [5, 5.41) is 0. The van der Waals surface area contributed by atoms with Crippen LogP contribution < -0.4 is 0 Å². The molecule has 7 heteroatoms. The first-order valence-electron chi connectivity index (χ1n) is 17.3. The van der Waals surface area contributed by atoms with Crippen LogP contribution in [-0.2, 0) is 19.8 Å². The first-order valence-corrected chi connectivity index (χ1v) is 17.3. The predicted octanol–water partition coefficient (Wildman–Crippen LogP) is 11.0. The fourth-order valence-corrected chi connectivity index (χ4v) is 5.92. The number of aryl methyl sites for hydroxylation is 4. The van der Waals surface area contributed by atoms with Crippen molar-refractivity contribution in [2.24, 2.45) is 0 Å². The Balaban J connectivity index is 0.000000178. The van der Waals surface area contributed by atoms with Gasteiger partial charge in [-0.2, -0.15) is 0 Å². The summed E-state index contributed by atoms with van der Waals surface area (Å²) in [7, 11) is 0. The third kappa shape index (κ3) is 9.26. The van der Waals surface area contributed by atoms with Crippen molar-refractivity contribution in [3.05, 3.63) is 181 Å². The van der Waals surface area contributed by atoms with Crippen LogP contribution in [0.3, 0.4) is 0 Å². The molecule has 0 fully saturated rings. The summed E-state index contributed by atoms with van der Waals surface area (Å²) in [5.74, 6) is 0. The van der Waals surface area contributed by atoms with Gasteiger partial charge in [0.15, 0.2) is 0 Å². The van der Waals surface area contributed by atoms with Gasteiger partial charge in [0.1, 0.15) is 0 Å². The molecule has 0 aliphatic carbocycles. The van der Waals surface area contributed by atoms with Gasteiger partial charge in [0, 0.05) is 42.6 Å². The van der Waals surface area contributed by atoms with E-state index in [0.717, 1.165) is 90.6 Å². The second kappa shape index (κ2) is 17.0. The van der Waals surface area contributed by atoms with Gasteiger partial charge in [0.05, 0.1) is 45.6 Å². The predicted molar refractivity (Wildman–Crippen MR) is 211 cm³/mol. The van der Waals surface area contributed by atoms with Crippen LogP contribution in [0.2, 0.25) is 0 Å². The van der Waals surface area contributed by atoms with Crippen LogP contribution >= 0.6 is 0 Å². The third-order valence-corrected chi connectivity index (χ3v) is 8.47. The van der Waals surface area contributed by atoms with E-state index in [1.54, 1.807) is 0 Å². The molecule has 0 radical (unpaired) electrons. The minimum atomic E-state index is 0. The van der Waals surface area contributed by atoms with Crippen LogP contribution in [0.1, 0.15) is 22.8 Å². The number of hydrogen-bond donors (Lipinski definition) is 0. The smallest absolute Gasteiger partial charge is 0.0900 e. The molecule has 0 saturated heterocycles. The standard InChI is InChI=1S/2C23H19N3.Os/c2*1-16-8-6-12-20(24-16)22-14-19(18-10-4-3-5-11-18)15-23(26-22)21-13-7-9-17(2)25-21;/h2*3-15H,1-2H3;. The second-order valence-corrected chi connectivity index (χ2v) is 12.6. The van der Waals surface area contributed by atoms with Crippen molar-refractivity contribution in [2.45, 2.75) is 27.7 Å². The molecular weight excluding hydrogens is 827 g/mol. The summed E-state index contributed by atoms with van der Waals surface area (Å²) in [6, 6.07) is 53.1. The van der Waals surface area contributed by atoms with E-state index in [0.29, 0.717) is 0 Å². The molecule has 0 unspecified atom stereocenters. The van der Waals surface area contributed by atoms with E-state index >= 15 is 0 Å². The van der Waals surface area contributed by atoms with Gasteiger partial charge in [-0.1, -0.05) is 84.9 Å².